The largest absolute Gasteiger partial charge is 0.411 e. The van der Waals surface area contributed by atoms with Crippen molar-refractivity contribution in [1.82, 2.24) is 0 Å². The molecule has 21 heavy (non-hydrogen) atoms. The van der Waals surface area contributed by atoms with Gasteiger partial charge in [-0.1, -0.05) is 32.0 Å². The normalized spacial score (nSPS) is 14.2. The Labute approximate surface area is 122 Å². The van der Waals surface area contributed by atoms with Crippen molar-refractivity contribution < 1.29 is 31.1 Å². The third kappa shape index (κ3) is 4.00. The summed E-state index contributed by atoms with van der Waals surface area (Å²) < 4.78 is 63.1. The van der Waals surface area contributed by atoms with E-state index in [1.807, 2.05) is 0 Å². The molecule has 10 heteroatoms. The third-order valence-corrected chi connectivity index (χ3v) is 4.34. The van der Waals surface area contributed by atoms with E-state index in [2.05, 4.69) is 5.16 Å². The molecule has 0 aromatic heterocycles. The lowest BCUT2D eigenvalue weighted by molar-refractivity contribution is 0.311. The van der Waals surface area contributed by atoms with Gasteiger partial charge in [-0.3, -0.25) is 9.11 Å². The highest BCUT2D eigenvalue weighted by Crippen LogP contribution is 2.28. The average molecular weight is 337 g/mol. The first-order valence-electron chi connectivity index (χ1n) is 5.60. The van der Waals surface area contributed by atoms with E-state index in [0.29, 0.717) is 6.07 Å². The fourth-order valence-electron chi connectivity index (χ4n) is 1.68. The molecule has 1 aromatic rings. The minimum Gasteiger partial charge on any atom is -0.411 e. The fraction of sp³-hybridized carbons (Fsp3) is 0.364. The van der Waals surface area contributed by atoms with Gasteiger partial charge in [0.15, 0.2) is 0 Å². The molecule has 1 aromatic carbocycles. The summed E-state index contributed by atoms with van der Waals surface area (Å²) in [4.78, 5) is -1.48. The summed E-state index contributed by atoms with van der Waals surface area (Å²) in [5.74, 6) is 0. The molecule has 1 rings (SSSR count). The van der Waals surface area contributed by atoms with Crippen LogP contribution >= 0.6 is 0 Å². The number of hydrogen-bond acceptors (Lipinski definition) is 6. The lowest BCUT2D eigenvalue weighted by Crippen LogP contribution is -2.24. The van der Waals surface area contributed by atoms with E-state index in [4.69, 9.17) is 9.76 Å². The standard InChI is InChI=1S/C11H15NO7S2/c1-11(2,3)10(12-13)8-5-4-7(20(14,15)16)6-9(8)21(17,18)19/h4-6,13H,1-3H3,(H,14,15,16)(H,17,18,19). The monoisotopic (exact) mass is 337 g/mol. The highest BCUT2D eigenvalue weighted by atomic mass is 32.2. The van der Waals surface area contributed by atoms with Crippen molar-refractivity contribution in [1.29, 1.82) is 0 Å². The van der Waals surface area contributed by atoms with Crippen molar-refractivity contribution in [3.8, 4) is 0 Å². The number of nitrogens with zero attached hydrogens (tertiary/aromatic N) is 1. The molecule has 0 spiro atoms. The number of hydrogen-bond donors (Lipinski definition) is 3. The zero-order chi connectivity index (χ0) is 16.6. The average Bonchev–Trinajstić information content (AvgIpc) is 2.25. The van der Waals surface area contributed by atoms with E-state index in [1.54, 1.807) is 20.8 Å². The first-order valence-corrected chi connectivity index (χ1v) is 8.48. The summed E-state index contributed by atoms with van der Waals surface area (Å²) in [6.45, 7) is 4.89. The zero-order valence-electron chi connectivity index (χ0n) is 11.5. The summed E-state index contributed by atoms with van der Waals surface area (Å²) in [5, 5.41) is 12.1. The van der Waals surface area contributed by atoms with Crippen molar-refractivity contribution in [3.63, 3.8) is 0 Å². The maximum Gasteiger partial charge on any atom is 0.295 e. The minimum atomic E-state index is -4.80. The van der Waals surface area contributed by atoms with Gasteiger partial charge in [-0.05, 0) is 12.1 Å². The number of oxime groups is 1. The van der Waals surface area contributed by atoms with Crippen LogP contribution in [0, 0.1) is 5.41 Å². The van der Waals surface area contributed by atoms with Gasteiger partial charge in [0.1, 0.15) is 4.90 Å². The maximum absolute atomic E-state index is 11.4. The molecular formula is C11H15NO7S2. The SMILES string of the molecule is CC(C)(C)C(=NO)c1ccc(S(=O)(=O)O)cc1S(=O)(=O)O. The highest BCUT2D eigenvalue weighted by molar-refractivity contribution is 7.86. The van der Waals surface area contributed by atoms with Crippen molar-refractivity contribution in [2.24, 2.45) is 10.6 Å². The summed E-state index contributed by atoms with van der Waals surface area (Å²) in [5.41, 5.74) is -1.02. The van der Waals surface area contributed by atoms with Gasteiger partial charge in [0, 0.05) is 11.0 Å². The van der Waals surface area contributed by atoms with Crippen LogP contribution in [0.25, 0.3) is 0 Å². The number of rotatable bonds is 3. The van der Waals surface area contributed by atoms with E-state index < -0.39 is 35.4 Å². The quantitative estimate of drug-likeness (QED) is 0.327. The van der Waals surface area contributed by atoms with E-state index in [-0.39, 0.29) is 11.3 Å². The maximum atomic E-state index is 11.4. The molecule has 118 valence electrons. The lowest BCUT2D eigenvalue weighted by atomic mass is 9.85. The molecular weight excluding hydrogens is 322 g/mol. The van der Waals surface area contributed by atoms with Gasteiger partial charge >= 0.3 is 0 Å². The highest BCUT2D eigenvalue weighted by Gasteiger charge is 2.29. The van der Waals surface area contributed by atoms with E-state index in [9.17, 15) is 21.4 Å². The molecule has 0 atom stereocenters. The molecule has 0 unspecified atom stereocenters. The first-order chi connectivity index (χ1) is 9.28. The second kappa shape index (κ2) is 5.37. The van der Waals surface area contributed by atoms with Crippen LogP contribution in [0.3, 0.4) is 0 Å². The Morgan fingerprint density at radius 3 is 1.90 bits per heavy atom. The van der Waals surface area contributed by atoms with Crippen LogP contribution in [0.5, 0.6) is 0 Å². The van der Waals surface area contributed by atoms with Crippen LogP contribution in [0.2, 0.25) is 0 Å². The molecule has 0 bridgehead atoms. The van der Waals surface area contributed by atoms with Crippen LogP contribution in [-0.4, -0.2) is 36.9 Å². The van der Waals surface area contributed by atoms with Crippen molar-refractivity contribution >= 4 is 25.9 Å². The molecule has 0 amide bonds. The summed E-state index contributed by atoms with van der Waals surface area (Å²) in [6, 6.07) is 2.57. The van der Waals surface area contributed by atoms with Crippen molar-refractivity contribution in [2.45, 2.75) is 30.6 Å². The molecule has 3 N–H and O–H groups in total. The topological polar surface area (TPSA) is 141 Å². The first kappa shape index (κ1) is 17.6. The van der Waals surface area contributed by atoms with Crippen molar-refractivity contribution in [2.75, 3.05) is 0 Å². The van der Waals surface area contributed by atoms with E-state index in [0.717, 1.165) is 12.1 Å². The molecule has 0 aliphatic carbocycles. The predicted molar refractivity (Wildman–Crippen MR) is 73.8 cm³/mol. The summed E-state index contributed by atoms with van der Waals surface area (Å²) >= 11 is 0. The summed E-state index contributed by atoms with van der Waals surface area (Å²) in [6.07, 6.45) is 0. The molecule has 0 saturated heterocycles. The molecule has 8 nitrogen and oxygen atoms in total. The van der Waals surface area contributed by atoms with Gasteiger partial charge in [0.25, 0.3) is 20.2 Å². The molecule has 0 fully saturated rings. The molecule has 0 aliphatic rings. The summed E-state index contributed by atoms with van der Waals surface area (Å²) in [7, 11) is -9.45. The van der Waals surface area contributed by atoms with Gasteiger partial charge in [-0.25, -0.2) is 0 Å². The van der Waals surface area contributed by atoms with Gasteiger partial charge < -0.3 is 5.21 Å². The Morgan fingerprint density at radius 2 is 1.57 bits per heavy atom. The second-order valence-corrected chi connectivity index (χ2v) is 8.12. The van der Waals surface area contributed by atoms with E-state index in [1.165, 1.54) is 0 Å². The molecule has 0 aliphatic heterocycles. The van der Waals surface area contributed by atoms with Crippen LogP contribution in [0.15, 0.2) is 33.1 Å². The van der Waals surface area contributed by atoms with Crippen molar-refractivity contribution in [3.05, 3.63) is 23.8 Å². The number of benzene rings is 1. The Balaban J connectivity index is 3.78. The van der Waals surface area contributed by atoms with Crippen LogP contribution in [0.1, 0.15) is 26.3 Å². The Hall–Kier alpha value is -1.49. The predicted octanol–water partition coefficient (Wildman–Crippen LogP) is 1.40. The van der Waals surface area contributed by atoms with Gasteiger partial charge in [-0.15, -0.1) is 0 Å². The zero-order valence-corrected chi connectivity index (χ0v) is 13.1. The van der Waals surface area contributed by atoms with Crippen LogP contribution in [-0.2, 0) is 20.2 Å². The molecule has 0 heterocycles. The van der Waals surface area contributed by atoms with E-state index >= 15 is 0 Å². The van der Waals surface area contributed by atoms with Gasteiger partial charge in [-0.2, -0.15) is 16.8 Å². The minimum absolute atomic E-state index is 0.0722. The Kier molecular flexibility index (Phi) is 4.49. The van der Waals surface area contributed by atoms with Crippen LogP contribution < -0.4 is 0 Å². The van der Waals surface area contributed by atoms with Crippen LogP contribution in [0.4, 0.5) is 0 Å². The Bertz CT molecular complexity index is 786. The van der Waals surface area contributed by atoms with Gasteiger partial charge in [0.05, 0.1) is 10.6 Å². The molecule has 0 saturated carbocycles. The lowest BCUT2D eigenvalue weighted by Gasteiger charge is -2.21. The van der Waals surface area contributed by atoms with Gasteiger partial charge in [0.2, 0.25) is 0 Å². The fourth-order valence-corrected chi connectivity index (χ4v) is 2.98. The molecule has 0 radical (unpaired) electrons. The smallest absolute Gasteiger partial charge is 0.295 e. The second-order valence-electron chi connectivity index (χ2n) is 5.31. The Morgan fingerprint density at radius 1 is 1.05 bits per heavy atom. The third-order valence-electron chi connectivity index (χ3n) is 2.59.